The molecule has 0 saturated heterocycles. The molecule has 3 aromatic heterocycles. The molecule has 0 bridgehead atoms. The average molecular weight is 432 g/mol. The van der Waals surface area contributed by atoms with E-state index in [4.69, 9.17) is 9.72 Å². The third kappa shape index (κ3) is 4.24. The average Bonchev–Trinajstić information content (AvgIpc) is 3.40. The zero-order valence-corrected chi connectivity index (χ0v) is 18.9. The van der Waals surface area contributed by atoms with Crippen molar-refractivity contribution in [3.8, 4) is 5.88 Å². The highest BCUT2D eigenvalue weighted by Crippen LogP contribution is 2.47. The zero-order valence-electron chi connectivity index (χ0n) is 18.9. The normalized spacial score (nSPS) is 19.0. The van der Waals surface area contributed by atoms with Crippen molar-refractivity contribution < 1.29 is 4.74 Å². The Hall–Kier alpha value is -3.22. The molecular weight excluding hydrogens is 402 g/mol. The van der Waals surface area contributed by atoms with Crippen molar-refractivity contribution in [2.24, 2.45) is 13.0 Å². The van der Waals surface area contributed by atoms with E-state index in [1.165, 1.54) is 28.1 Å². The molecule has 0 aromatic carbocycles. The maximum absolute atomic E-state index is 12.5. The van der Waals surface area contributed by atoms with Crippen LogP contribution in [0.2, 0.25) is 0 Å². The zero-order chi connectivity index (χ0) is 22.2. The van der Waals surface area contributed by atoms with Crippen LogP contribution < -0.4 is 15.6 Å². The Bertz CT molecular complexity index is 1220. The van der Waals surface area contributed by atoms with Gasteiger partial charge in [0.25, 0.3) is 5.56 Å². The molecule has 0 unspecified atom stereocenters. The molecule has 1 saturated carbocycles. The van der Waals surface area contributed by atoms with E-state index in [2.05, 4.69) is 27.5 Å². The Morgan fingerprint density at radius 2 is 2.03 bits per heavy atom. The molecule has 1 fully saturated rings. The van der Waals surface area contributed by atoms with Gasteiger partial charge in [-0.2, -0.15) is 0 Å². The van der Waals surface area contributed by atoms with E-state index >= 15 is 0 Å². The molecule has 2 atom stereocenters. The molecule has 0 amide bonds. The van der Waals surface area contributed by atoms with Gasteiger partial charge >= 0.3 is 0 Å². The summed E-state index contributed by atoms with van der Waals surface area (Å²) >= 11 is 0. The Balaban J connectivity index is 1.22. The Labute approximate surface area is 187 Å². The molecule has 3 aromatic rings. The van der Waals surface area contributed by atoms with Crippen LogP contribution in [-0.2, 0) is 26.4 Å². The number of hydrogen-bond acceptors (Lipinski definition) is 6. The highest BCUT2D eigenvalue weighted by atomic mass is 16.5. The van der Waals surface area contributed by atoms with Crippen LogP contribution in [0.25, 0.3) is 0 Å². The van der Waals surface area contributed by atoms with Gasteiger partial charge in [0.15, 0.2) is 0 Å². The van der Waals surface area contributed by atoms with E-state index in [1.807, 2.05) is 26.0 Å². The van der Waals surface area contributed by atoms with Gasteiger partial charge in [-0.25, -0.2) is 4.68 Å². The number of aryl methyl sites for hydroxylation is 5. The van der Waals surface area contributed by atoms with Crippen molar-refractivity contribution in [3.05, 3.63) is 74.6 Å². The van der Waals surface area contributed by atoms with Crippen LogP contribution in [0.4, 0.5) is 5.69 Å². The fraction of sp³-hybridized carbons (Fsp3) is 0.440. The van der Waals surface area contributed by atoms with Crippen LogP contribution in [0.3, 0.4) is 0 Å². The molecule has 2 aliphatic carbocycles. The van der Waals surface area contributed by atoms with Crippen molar-refractivity contribution in [3.63, 3.8) is 0 Å². The van der Waals surface area contributed by atoms with E-state index in [-0.39, 0.29) is 5.56 Å². The number of anilines is 1. The molecule has 5 rings (SSSR count). The van der Waals surface area contributed by atoms with Gasteiger partial charge in [-0.1, -0.05) is 12.1 Å². The van der Waals surface area contributed by atoms with E-state index in [1.54, 1.807) is 13.1 Å². The number of fused-ring (bicyclic) bond motifs is 1. The Morgan fingerprint density at radius 1 is 1.16 bits per heavy atom. The highest BCUT2D eigenvalue weighted by Gasteiger charge is 2.40. The van der Waals surface area contributed by atoms with Crippen LogP contribution in [0.5, 0.6) is 5.88 Å². The van der Waals surface area contributed by atoms with E-state index in [9.17, 15) is 4.79 Å². The van der Waals surface area contributed by atoms with Gasteiger partial charge in [-0.05, 0) is 62.8 Å². The smallest absolute Gasteiger partial charge is 0.290 e. The summed E-state index contributed by atoms with van der Waals surface area (Å²) in [7, 11) is 1.65. The number of hydrogen-bond donors (Lipinski definition) is 1. The van der Waals surface area contributed by atoms with Gasteiger partial charge in [-0.15, -0.1) is 5.10 Å². The lowest BCUT2D eigenvalue weighted by Crippen LogP contribution is -2.24. The molecule has 7 heteroatoms. The van der Waals surface area contributed by atoms with Gasteiger partial charge in [-0.3, -0.25) is 14.8 Å². The second-order valence-corrected chi connectivity index (χ2v) is 8.98. The molecular formula is C25H29N5O2. The second kappa shape index (κ2) is 8.37. The van der Waals surface area contributed by atoms with Gasteiger partial charge in [0, 0.05) is 54.3 Å². The van der Waals surface area contributed by atoms with E-state index in [0.29, 0.717) is 36.6 Å². The first-order chi connectivity index (χ1) is 15.5. The van der Waals surface area contributed by atoms with Crippen LogP contribution in [0.15, 0.2) is 35.1 Å². The summed E-state index contributed by atoms with van der Waals surface area (Å²) in [4.78, 5) is 21.9. The summed E-state index contributed by atoms with van der Waals surface area (Å²) in [6.07, 6.45) is 4.57. The molecule has 2 aliphatic rings. The number of pyridine rings is 2. The third-order valence-corrected chi connectivity index (χ3v) is 6.54. The largest absolute Gasteiger partial charge is 0.476 e. The minimum Gasteiger partial charge on any atom is -0.476 e. The standard InChI is InChI=1S/C25H29N5O2/c1-15-7-8-18(16(2)27-15)13-26-23-12-24(29-30(3)25(23)31)32-14-19-11-20(19)22-10-9-17-5-4-6-21(17)28-22/h7-10,12,19-20,26H,4-6,11,13-14H2,1-3H3/t19-,20+/m1/s1. The molecule has 0 aliphatic heterocycles. The van der Waals surface area contributed by atoms with Crippen molar-refractivity contribution in [2.75, 3.05) is 11.9 Å². The van der Waals surface area contributed by atoms with Crippen LogP contribution in [0, 0.1) is 19.8 Å². The molecule has 3 heterocycles. The summed E-state index contributed by atoms with van der Waals surface area (Å²) in [6.45, 7) is 5.05. The van der Waals surface area contributed by atoms with Crippen molar-refractivity contribution in [2.45, 2.75) is 52.0 Å². The van der Waals surface area contributed by atoms with Gasteiger partial charge in [0.1, 0.15) is 5.69 Å². The SMILES string of the molecule is Cc1ccc(CNc2cc(OC[C@H]3C[C@@H]3c3ccc4c(n3)CCC4)nn(C)c2=O)c(C)n1. The van der Waals surface area contributed by atoms with Crippen molar-refractivity contribution in [1.29, 1.82) is 0 Å². The molecule has 166 valence electrons. The molecule has 0 radical (unpaired) electrons. The van der Waals surface area contributed by atoms with Crippen LogP contribution >= 0.6 is 0 Å². The second-order valence-electron chi connectivity index (χ2n) is 8.98. The lowest BCUT2D eigenvalue weighted by molar-refractivity contribution is 0.278. The topological polar surface area (TPSA) is 81.9 Å². The minimum absolute atomic E-state index is 0.179. The fourth-order valence-corrected chi connectivity index (χ4v) is 4.50. The minimum atomic E-state index is -0.179. The molecule has 0 spiro atoms. The number of nitrogens with one attached hydrogen (secondary N) is 1. The number of rotatable bonds is 7. The Morgan fingerprint density at radius 3 is 2.88 bits per heavy atom. The Kier molecular flexibility index (Phi) is 5.41. The van der Waals surface area contributed by atoms with Crippen LogP contribution in [0.1, 0.15) is 52.7 Å². The van der Waals surface area contributed by atoms with E-state index < -0.39 is 0 Å². The first-order valence-electron chi connectivity index (χ1n) is 11.3. The third-order valence-electron chi connectivity index (χ3n) is 6.54. The summed E-state index contributed by atoms with van der Waals surface area (Å²) in [5.41, 5.74) is 7.18. The summed E-state index contributed by atoms with van der Waals surface area (Å²) < 4.78 is 7.32. The fourth-order valence-electron chi connectivity index (χ4n) is 4.50. The lowest BCUT2D eigenvalue weighted by Gasteiger charge is -2.12. The first-order valence-corrected chi connectivity index (χ1v) is 11.3. The summed E-state index contributed by atoms with van der Waals surface area (Å²) in [5.74, 6) is 1.36. The van der Waals surface area contributed by atoms with Crippen LogP contribution in [-0.4, -0.2) is 26.4 Å². The number of ether oxygens (including phenoxy) is 1. The molecule has 32 heavy (non-hydrogen) atoms. The summed E-state index contributed by atoms with van der Waals surface area (Å²) in [5, 5.41) is 7.51. The van der Waals surface area contributed by atoms with Gasteiger partial charge < -0.3 is 10.1 Å². The van der Waals surface area contributed by atoms with Gasteiger partial charge in [0.05, 0.1) is 6.61 Å². The summed E-state index contributed by atoms with van der Waals surface area (Å²) in [6, 6.07) is 10.1. The lowest BCUT2D eigenvalue weighted by atomic mass is 10.1. The highest BCUT2D eigenvalue weighted by molar-refractivity contribution is 5.44. The first kappa shape index (κ1) is 20.7. The number of nitrogens with zero attached hydrogens (tertiary/aromatic N) is 4. The molecule has 7 nitrogen and oxygen atoms in total. The monoisotopic (exact) mass is 431 g/mol. The van der Waals surface area contributed by atoms with Crippen molar-refractivity contribution >= 4 is 5.69 Å². The quantitative estimate of drug-likeness (QED) is 0.617. The predicted molar refractivity (Wildman–Crippen MR) is 123 cm³/mol. The number of aromatic nitrogens is 4. The van der Waals surface area contributed by atoms with Gasteiger partial charge in [0.2, 0.25) is 5.88 Å². The maximum atomic E-state index is 12.5. The van der Waals surface area contributed by atoms with Crippen molar-refractivity contribution in [1.82, 2.24) is 19.7 Å². The van der Waals surface area contributed by atoms with E-state index in [0.717, 1.165) is 36.2 Å². The molecule has 1 N–H and O–H groups in total. The predicted octanol–water partition coefficient (Wildman–Crippen LogP) is 3.47. The maximum Gasteiger partial charge on any atom is 0.290 e.